The molecule has 2 unspecified atom stereocenters. The van der Waals surface area contributed by atoms with Gasteiger partial charge in [0.2, 0.25) is 0 Å². The van der Waals surface area contributed by atoms with E-state index < -0.39 is 0 Å². The SMILES string of the molecule is CC1(C)c2ccccc2-c2ccc(NC34CC5CC(CC3C5)C4)cc21. The van der Waals surface area contributed by atoms with Gasteiger partial charge in [-0.05, 0) is 84.2 Å². The summed E-state index contributed by atoms with van der Waals surface area (Å²) in [5.74, 6) is 2.93. The third-order valence-corrected chi connectivity index (χ3v) is 7.97. The van der Waals surface area contributed by atoms with Crippen molar-refractivity contribution in [2.75, 3.05) is 5.32 Å². The quantitative estimate of drug-likeness (QED) is 0.714. The zero-order valence-electron chi connectivity index (χ0n) is 15.3. The van der Waals surface area contributed by atoms with Gasteiger partial charge in [0.05, 0.1) is 0 Å². The highest BCUT2D eigenvalue weighted by Crippen LogP contribution is 2.61. The van der Waals surface area contributed by atoms with Gasteiger partial charge in [0.25, 0.3) is 0 Å². The fourth-order valence-electron chi connectivity index (χ4n) is 7.07. The van der Waals surface area contributed by atoms with E-state index in [-0.39, 0.29) is 5.41 Å². The van der Waals surface area contributed by atoms with Crippen molar-refractivity contribution in [3.8, 4) is 11.1 Å². The molecule has 0 saturated heterocycles. The Labute approximate surface area is 150 Å². The van der Waals surface area contributed by atoms with Crippen LogP contribution in [0.25, 0.3) is 11.1 Å². The third-order valence-electron chi connectivity index (χ3n) is 7.97. The molecule has 128 valence electrons. The van der Waals surface area contributed by atoms with Crippen molar-refractivity contribution >= 4 is 5.69 Å². The molecule has 0 heterocycles. The first-order chi connectivity index (χ1) is 12.1. The zero-order chi connectivity index (χ0) is 16.8. The molecule has 2 atom stereocenters. The third kappa shape index (κ3) is 1.80. The van der Waals surface area contributed by atoms with Crippen LogP contribution in [0.15, 0.2) is 42.5 Å². The van der Waals surface area contributed by atoms with E-state index in [0.29, 0.717) is 5.54 Å². The average Bonchev–Trinajstić information content (AvgIpc) is 3.07. The van der Waals surface area contributed by atoms with Crippen molar-refractivity contribution in [3.05, 3.63) is 53.6 Å². The highest BCUT2D eigenvalue weighted by atomic mass is 15.0. The number of hydrogen-bond donors (Lipinski definition) is 1. The lowest BCUT2D eigenvalue weighted by molar-refractivity contribution is 0.274. The van der Waals surface area contributed by atoms with E-state index >= 15 is 0 Å². The van der Waals surface area contributed by atoms with Gasteiger partial charge in [-0.1, -0.05) is 44.2 Å². The second-order valence-corrected chi connectivity index (χ2v) is 9.76. The molecule has 4 saturated carbocycles. The summed E-state index contributed by atoms with van der Waals surface area (Å²) in [5.41, 5.74) is 7.70. The van der Waals surface area contributed by atoms with Gasteiger partial charge in [-0.25, -0.2) is 0 Å². The van der Waals surface area contributed by atoms with Crippen molar-refractivity contribution < 1.29 is 0 Å². The van der Waals surface area contributed by atoms with Crippen LogP contribution in [0.2, 0.25) is 0 Å². The van der Waals surface area contributed by atoms with Gasteiger partial charge in [0, 0.05) is 16.6 Å². The smallest absolute Gasteiger partial charge is 0.0407 e. The van der Waals surface area contributed by atoms with E-state index in [2.05, 4.69) is 61.6 Å². The zero-order valence-corrected chi connectivity index (χ0v) is 15.3. The summed E-state index contributed by atoms with van der Waals surface area (Å²) in [4.78, 5) is 0. The van der Waals surface area contributed by atoms with Gasteiger partial charge in [0.15, 0.2) is 0 Å². The molecule has 25 heavy (non-hydrogen) atoms. The second kappa shape index (κ2) is 4.50. The number of nitrogens with one attached hydrogen (secondary N) is 1. The Hall–Kier alpha value is -1.76. The summed E-state index contributed by atoms with van der Waals surface area (Å²) in [6.07, 6.45) is 7.28. The van der Waals surface area contributed by atoms with E-state index in [4.69, 9.17) is 0 Å². The Balaban J connectivity index is 1.40. The average molecular weight is 329 g/mol. The van der Waals surface area contributed by atoms with Crippen molar-refractivity contribution in [2.24, 2.45) is 17.8 Å². The van der Waals surface area contributed by atoms with Gasteiger partial charge in [-0.15, -0.1) is 0 Å². The molecule has 1 N–H and O–H groups in total. The van der Waals surface area contributed by atoms with Gasteiger partial charge in [-0.2, -0.15) is 0 Å². The second-order valence-electron chi connectivity index (χ2n) is 9.76. The van der Waals surface area contributed by atoms with Crippen LogP contribution in [-0.2, 0) is 5.41 Å². The molecule has 5 aliphatic carbocycles. The normalized spacial score (nSPS) is 35.7. The lowest BCUT2D eigenvalue weighted by Crippen LogP contribution is -2.39. The number of fused-ring (bicyclic) bond motifs is 3. The highest BCUT2D eigenvalue weighted by Gasteiger charge is 2.57. The van der Waals surface area contributed by atoms with Crippen LogP contribution < -0.4 is 5.32 Å². The number of rotatable bonds is 2. The molecule has 7 rings (SSSR count). The minimum absolute atomic E-state index is 0.105. The maximum Gasteiger partial charge on any atom is 0.0407 e. The fraction of sp³-hybridized carbons (Fsp3) is 0.500. The van der Waals surface area contributed by atoms with Crippen LogP contribution in [0.4, 0.5) is 5.69 Å². The molecule has 4 bridgehead atoms. The molecular weight excluding hydrogens is 302 g/mol. The van der Waals surface area contributed by atoms with E-state index in [9.17, 15) is 0 Å². The lowest BCUT2D eigenvalue weighted by atomic mass is 9.80. The number of anilines is 1. The first-order valence-electron chi connectivity index (χ1n) is 10.1. The van der Waals surface area contributed by atoms with E-state index in [1.165, 1.54) is 60.0 Å². The molecule has 0 spiro atoms. The fourth-order valence-corrected chi connectivity index (χ4v) is 7.07. The summed E-state index contributed by atoms with van der Waals surface area (Å²) in [6.45, 7) is 4.76. The molecule has 0 aliphatic heterocycles. The van der Waals surface area contributed by atoms with Crippen LogP contribution in [0.1, 0.15) is 57.1 Å². The molecule has 2 aromatic carbocycles. The predicted molar refractivity (Wildman–Crippen MR) is 104 cm³/mol. The van der Waals surface area contributed by atoms with Crippen LogP contribution in [0.5, 0.6) is 0 Å². The van der Waals surface area contributed by atoms with Gasteiger partial charge < -0.3 is 5.32 Å². The largest absolute Gasteiger partial charge is 0.379 e. The van der Waals surface area contributed by atoms with Crippen molar-refractivity contribution in [3.63, 3.8) is 0 Å². The molecule has 0 amide bonds. The van der Waals surface area contributed by atoms with Crippen molar-refractivity contribution in [2.45, 2.75) is 56.9 Å². The Morgan fingerprint density at radius 2 is 1.56 bits per heavy atom. The van der Waals surface area contributed by atoms with Crippen LogP contribution in [-0.4, -0.2) is 5.54 Å². The van der Waals surface area contributed by atoms with E-state index in [0.717, 1.165) is 17.8 Å². The number of benzene rings is 2. The number of hydrogen-bond acceptors (Lipinski definition) is 1. The molecule has 0 radical (unpaired) electrons. The summed E-state index contributed by atoms with van der Waals surface area (Å²) >= 11 is 0. The molecule has 5 aliphatic rings. The Kier molecular flexibility index (Phi) is 2.59. The van der Waals surface area contributed by atoms with Crippen LogP contribution >= 0.6 is 0 Å². The first-order valence-corrected chi connectivity index (χ1v) is 10.1. The van der Waals surface area contributed by atoms with Crippen LogP contribution in [0, 0.1) is 17.8 Å². The maximum atomic E-state index is 4.07. The topological polar surface area (TPSA) is 12.0 Å². The molecule has 0 aromatic heterocycles. The van der Waals surface area contributed by atoms with Crippen molar-refractivity contribution in [1.29, 1.82) is 0 Å². The lowest BCUT2D eigenvalue weighted by Gasteiger charge is -2.35. The van der Waals surface area contributed by atoms with E-state index in [1.807, 2.05) is 0 Å². The Bertz CT molecular complexity index is 863. The van der Waals surface area contributed by atoms with Crippen LogP contribution in [0.3, 0.4) is 0 Å². The molecule has 4 fully saturated rings. The molecule has 1 heteroatoms. The highest BCUT2D eigenvalue weighted by molar-refractivity contribution is 5.82. The monoisotopic (exact) mass is 329 g/mol. The maximum absolute atomic E-state index is 4.07. The summed E-state index contributed by atoms with van der Waals surface area (Å²) < 4.78 is 0. The summed E-state index contributed by atoms with van der Waals surface area (Å²) in [5, 5.41) is 4.07. The standard InChI is InChI=1S/C24H27N/c1-23(2)21-6-4-3-5-19(21)20-8-7-18(12-22(20)23)25-24-13-15-9-16(14-24)11-17(24)10-15/h3-8,12,15-17,25H,9-11,13-14H2,1-2H3. The predicted octanol–water partition coefficient (Wildman–Crippen LogP) is 5.98. The molecular formula is C24H27N. The first kappa shape index (κ1) is 14.4. The van der Waals surface area contributed by atoms with Gasteiger partial charge >= 0.3 is 0 Å². The summed E-state index contributed by atoms with van der Waals surface area (Å²) in [7, 11) is 0. The molecule has 1 nitrogen and oxygen atoms in total. The van der Waals surface area contributed by atoms with Crippen molar-refractivity contribution in [1.82, 2.24) is 0 Å². The minimum Gasteiger partial charge on any atom is -0.379 e. The minimum atomic E-state index is 0.105. The van der Waals surface area contributed by atoms with Gasteiger partial charge in [0.1, 0.15) is 0 Å². The van der Waals surface area contributed by atoms with E-state index in [1.54, 1.807) is 0 Å². The van der Waals surface area contributed by atoms with Gasteiger partial charge in [-0.3, -0.25) is 0 Å². The Morgan fingerprint density at radius 3 is 2.36 bits per heavy atom. The Morgan fingerprint density at radius 1 is 0.840 bits per heavy atom. The molecule has 2 aromatic rings. The summed E-state index contributed by atoms with van der Waals surface area (Å²) in [6, 6.07) is 16.1.